The molecule has 0 radical (unpaired) electrons. The molecule has 0 unspecified atom stereocenters. The van der Waals surface area contributed by atoms with Crippen molar-refractivity contribution in [2.45, 2.75) is 18.2 Å². The summed E-state index contributed by atoms with van der Waals surface area (Å²) in [6.45, 7) is 1.77. The Morgan fingerprint density at radius 3 is 2.67 bits per heavy atom. The summed E-state index contributed by atoms with van der Waals surface area (Å²) in [5.41, 5.74) is 0.428. The van der Waals surface area contributed by atoms with Gasteiger partial charge in [-0.2, -0.15) is 0 Å². The van der Waals surface area contributed by atoms with E-state index in [4.69, 9.17) is 5.11 Å². The minimum absolute atomic E-state index is 0.00273. The van der Waals surface area contributed by atoms with E-state index in [1.165, 1.54) is 18.0 Å². The first kappa shape index (κ1) is 11.7. The van der Waals surface area contributed by atoms with Crippen LogP contribution in [0.3, 0.4) is 0 Å². The fourth-order valence-electron chi connectivity index (χ4n) is 0.957. The highest BCUT2D eigenvalue weighted by Crippen LogP contribution is 2.16. The second-order valence-electron chi connectivity index (χ2n) is 2.84. The fourth-order valence-corrected chi connectivity index (χ4v) is 1.54. The number of carboxylic acids is 1. The number of rotatable bonds is 5. The number of carbonyl (C=O) groups excluding carboxylic acids is 1. The van der Waals surface area contributed by atoms with Crippen LogP contribution in [0.5, 0.6) is 0 Å². The number of nitrogens with zero attached hydrogens (tertiary/aromatic N) is 1. The summed E-state index contributed by atoms with van der Waals surface area (Å²) in [5, 5.41) is 8.46. The van der Waals surface area contributed by atoms with Crippen LogP contribution in [0, 0.1) is 0 Å². The highest BCUT2D eigenvalue weighted by molar-refractivity contribution is 8.00. The van der Waals surface area contributed by atoms with Crippen LogP contribution in [-0.4, -0.2) is 27.6 Å². The molecule has 1 aromatic heterocycles. The van der Waals surface area contributed by atoms with Gasteiger partial charge in [-0.25, -0.2) is 0 Å². The Bertz CT molecular complexity index is 361. The summed E-state index contributed by atoms with van der Waals surface area (Å²) in [5.74, 6) is -0.874. The highest BCUT2D eigenvalue weighted by Gasteiger charge is 2.05. The van der Waals surface area contributed by atoms with Gasteiger partial charge < -0.3 is 5.11 Å². The van der Waals surface area contributed by atoms with Crippen molar-refractivity contribution < 1.29 is 14.7 Å². The lowest BCUT2D eigenvalue weighted by molar-refractivity contribution is -0.133. The zero-order valence-electron chi connectivity index (χ0n) is 8.27. The van der Waals surface area contributed by atoms with Crippen LogP contribution < -0.4 is 0 Å². The van der Waals surface area contributed by atoms with E-state index in [-0.39, 0.29) is 11.5 Å². The maximum Gasteiger partial charge on any atom is 0.313 e. The number of carboxylic acid groups (broad SMARTS) is 1. The Morgan fingerprint density at radius 1 is 1.47 bits per heavy atom. The normalized spacial score (nSPS) is 9.93. The number of ketones is 1. The summed E-state index contributed by atoms with van der Waals surface area (Å²) in [7, 11) is 0. The minimum Gasteiger partial charge on any atom is -0.481 e. The lowest BCUT2D eigenvalue weighted by Crippen LogP contribution is -2.00. The van der Waals surface area contributed by atoms with Gasteiger partial charge in [0.15, 0.2) is 5.78 Å². The third-order valence-corrected chi connectivity index (χ3v) is 2.67. The Balaban J connectivity index is 2.64. The monoisotopic (exact) mass is 225 g/mol. The van der Waals surface area contributed by atoms with Gasteiger partial charge >= 0.3 is 5.97 Å². The zero-order chi connectivity index (χ0) is 11.3. The topological polar surface area (TPSA) is 67.3 Å². The molecule has 0 bridgehead atoms. The molecular formula is C10H11NO3S. The van der Waals surface area contributed by atoms with Gasteiger partial charge in [-0.3, -0.25) is 14.6 Å². The number of hydrogen-bond acceptors (Lipinski definition) is 4. The minimum atomic E-state index is -0.867. The van der Waals surface area contributed by atoms with Crippen molar-refractivity contribution in [2.75, 3.05) is 5.75 Å². The first-order valence-corrected chi connectivity index (χ1v) is 5.46. The predicted molar refractivity (Wildman–Crippen MR) is 57.2 cm³/mol. The third kappa shape index (κ3) is 3.71. The van der Waals surface area contributed by atoms with Crippen LogP contribution in [0.25, 0.3) is 0 Å². The Morgan fingerprint density at radius 2 is 2.20 bits per heavy atom. The van der Waals surface area contributed by atoms with E-state index in [0.29, 0.717) is 12.1 Å². The quantitative estimate of drug-likeness (QED) is 0.612. The SMILES string of the molecule is CCC(=O)c1ccc(SCC(=O)O)cn1. The van der Waals surface area contributed by atoms with Crippen molar-refractivity contribution in [3.8, 4) is 0 Å². The number of pyridine rings is 1. The van der Waals surface area contributed by atoms with Crippen molar-refractivity contribution in [3.05, 3.63) is 24.0 Å². The molecule has 0 aromatic carbocycles. The molecule has 0 amide bonds. The average Bonchev–Trinajstić information content (AvgIpc) is 2.26. The van der Waals surface area contributed by atoms with Gasteiger partial charge in [0.05, 0.1) is 5.75 Å². The molecule has 1 N–H and O–H groups in total. The summed E-state index contributed by atoms with van der Waals surface area (Å²) in [6, 6.07) is 3.33. The van der Waals surface area contributed by atoms with Crippen LogP contribution in [0.15, 0.2) is 23.2 Å². The molecule has 0 aliphatic carbocycles. The fraction of sp³-hybridized carbons (Fsp3) is 0.300. The van der Waals surface area contributed by atoms with Gasteiger partial charge in [0.1, 0.15) is 5.69 Å². The summed E-state index contributed by atoms with van der Waals surface area (Å²) in [6.07, 6.45) is 1.95. The van der Waals surface area contributed by atoms with Crippen LogP contribution in [0.1, 0.15) is 23.8 Å². The lowest BCUT2D eigenvalue weighted by Gasteiger charge is -1.99. The van der Waals surface area contributed by atoms with Gasteiger partial charge in [0.2, 0.25) is 0 Å². The molecule has 4 nitrogen and oxygen atoms in total. The van der Waals surface area contributed by atoms with Crippen LogP contribution >= 0.6 is 11.8 Å². The number of thioether (sulfide) groups is 1. The maximum atomic E-state index is 11.2. The Labute approximate surface area is 91.7 Å². The zero-order valence-corrected chi connectivity index (χ0v) is 9.08. The number of Topliss-reactive ketones (excluding diaryl/α,β-unsaturated/α-hetero) is 1. The van der Waals surface area contributed by atoms with Crippen molar-refractivity contribution in [3.63, 3.8) is 0 Å². The predicted octanol–water partition coefficient (Wildman–Crippen LogP) is 1.85. The van der Waals surface area contributed by atoms with E-state index in [9.17, 15) is 9.59 Å². The Hall–Kier alpha value is -1.36. The van der Waals surface area contributed by atoms with E-state index in [2.05, 4.69) is 4.98 Å². The second-order valence-corrected chi connectivity index (χ2v) is 3.89. The van der Waals surface area contributed by atoms with E-state index in [1.807, 2.05) is 0 Å². The van der Waals surface area contributed by atoms with E-state index >= 15 is 0 Å². The number of aromatic nitrogens is 1. The second kappa shape index (κ2) is 5.50. The first-order chi connectivity index (χ1) is 7.13. The molecule has 0 saturated heterocycles. The van der Waals surface area contributed by atoms with Crippen molar-refractivity contribution in [1.82, 2.24) is 4.98 Å². The summed E-state index contributed by atoms with van der Waals surface area (Å²) < 4.78 is 0. The van der Waals surface area contributed by atoms with Crippen LogP contribution in [0.4, 0.5) is 0 Å². The van der Waals surface area contributed by atoms with Crippen molar-refractivity contribution in [2.24, 2.45) is 0 Å². The van der Waals surface area contributed by atoms with Crippen molar-refractivity contribution >= 4 is 23.5 Å². The molecule has 0 fully saturated rings. The molecule has 1 rings (SSSR count). The van der Waals surface area contributed by atoms with Crippen LogP contribution in [0.2, 0.25) is 0 Å². The Kier molecular flexibility index (Phi) is 4.30. The molecular weight excluding hydrogens is 214 g/mol. The molecule has 80 valence electrons. The molecule has 0 aliphatic heterocycles. The average molecular weight is 225 g/mol. The number of hydrogen-bond donors (Lipinski definition) is 1. The third-order valence-electron chi connectivity index (χ3n) is 1.71. The number of carbonyl (C=O) groups is 2. The lowest BCUT2D eigenvalue weighted by atomic mass is 10.2. The number of aliphatic carboxylic acids is 1. The van der Waals surface area contributed by atoms with Crippen LogP contribution in [-0.2, 0) is 4.79 Å². The smallest absolute Gasteiger partial charge is 0.313 e. The maximum absolute atomic E-state index is 11.2. The van der Waals surface area contributed by atoms with Gasteiger partial charge in [0.25, 0.3) is 0 Å². The van der Waals surface area contributed by atoms with E-state index < -0.39 is 5.97 Å². The van der Waals surface area contributed by atoms with Crippen molar-refractivity contribution in [1.29, 1.82) is 0 Å². The molecule has 0 saturated carbocycles. The standard InChI is InChI=1S/C10H11NO3S/c1-2-9(12)8-4-3-7(5-11-8)15-6-10(13)14/h3-5H,2,6H2,1H3,(H,13,14). The summed E-state index contributed by atoms with van der Waals surface area (Å²) >= 11 is 1.18. The largest absolute Gasteiger partial charge is 0.481 e. The molecule has 1 aromatic rings. The first-order valence-electron chi connectivity index (χ1n) is 4.47. The molecule has 0 aliphatic rings. The van der Waals surface area contributed by atoms with Gasteiger partial charge in [-0.05, 0) is 12.1 Å². The van der Waals surface area contributed by atoms with Gasteiger partial charge in [0, 0.05) is 17.5 Å². The van der Waals surface area contributed by atoms with Gasteiger partial charge in [-0.15, -0.1) is 11.8 Å². The summed E-state index contributed by atoms with van der Waals surface area (Å²) in [4.78, 5) is 26.2. The molecule has 5 heteroatoms. The molecule has 15 heavy (non-hydrogen) atoms. The van der Waals surface area contributed by atoms with E-state index in [1.54, 1.807) is 19.1 Å². The van der Waals surface area contributed by atoms with Gasteiger partial charge in [-0.1, -0.05) is 6.92 Å². The van der Waals surface area contributed by atoms with E-state index in [0.717, 1.165) is 4.90 Å². The highest BCUT2D eigenvalue weighted by atomic mass is 32.2. The molecule has 1 heterocycles. The molecule has 0 spiro atoms. The molecule has 0 atom stereocenters.